The van der Waals surface area contributed by atoms with Crippen LogP contribution < -0.4 is 4.90 Å². The zero-order chi connectivity index (χ0) is 23.5. The van der Waals surface area contributed by atoms with E-state index in [-0.39, 0.29) is 11.1 Å². The molecule has 4 rings (SSSR count). The van der Waals surface area contributed by atoms with Gasteiger partial charge in [-0.15, -0.1) is 0 Å². The second-order valence-electron chi connectivity index (χ2n) is 7.69. The summed E-state index contributed by atoms with van der Waals surface area (Å²) in [6.07, 6.45) is -3.22. The van der Waals surface area contributed by atoms with Crippen molar-refractivity contribution in [3.63, 3.8) is 0 Å². The summed E-state index contributed by atoms with van der Waals surface area (Å²) in [4.78, 5) is 52.8. The molecule has 0 spiro atoms. The minimum atomic E-state index is -1.61. The van der Waals surface area contributed by atoms with E-state index in [1.807, 2.05) is 13.0 Å². The van der Waals surface area contributed by atoms with E-state index in [0.29, 0.717) is 11.3 Å². The summed E-state index contributed by atoms with van der Waals surface area (Å²) in [6.45, 7) is 3.65. The SMILES string of the molecule is Cc1ccc(N2C(=O)[C@@H](OC(=O)c3ccccc3)[C@H](OC(=O)c3ccccc3)C2=O)c(C)c1. The quantitative estimate of drug-likeness (QED) is 0.442. The minimum Gasteiger partial charge on any atom is -0.444 e. The molecule has 1 aliphatic rings. The molecule has 1 fully saturated rings. The Balaban J connectivity index is 1.68. The Morgan fingerprint density at radius 3 is 1.58 bits per heavy atom. The van der Waals surface area contributed by atoms with Crippen LogP contribution in [0.15, 0.2) is 78.9 Å². The molecule has 1 heterocycles. The van der Waals surface area contributed by atoms with E-state index in [1.54, 1.807) is 55.5 Å². The van der Waals surface area contributed by atoms with Gasteiger partial charge >= 0.3 is 11.9 Å². The molecule has 0 N–H and O–H groups in total. The van der Waals surface area contributed by atoms with Crippen molar-refractivity contribution >= 4 is 29.4 Å². The molecule has 0 saturated carbocycles. The standard InChI is InChI=1S/C26H21NO6/c1-16-13-14-20(17(2)15-16)27-23(28)21(32-25(30)18-9-5-3-6-10-18)22(24(27)29)33-26(31)19-11-7-4-8-12-19/h3-15,21-22H,1-2H3/t21-,22-/m0/s1. The number of ether oxygens (including phenoxy) is 2. The molecule has 0 unspecified atom stereocenters. The van der Waals surface area contributed by atoms with Crippen LogP contribution in [0.4, 0.5) is 5.69 Å². The number of hydrogen-bond donors (Lipinski definition) is 0. The maximum absolute atomic E-state index is 13.3. The number of carbonyl (C=O) groups excluding carboxylic acids is 4. The second-order valence-corrected chi connectivity index (χ2v) is 7.69. The largest absolute Gasteiger partial charge is 0.444 e. The highest BCUT2D eigenvalue weighted by Crippen LogP contribution is 2.30. The lowest BCUT2D eigenvalue weighted by atomic mass is 10.1. The summed E-state index contributed by atoms with van der Waals surface area (Å²) in [5, 5.41) is 0. The molecule has 0 bridgehead atoms. The highest BCUT2D eigenvalue weighted by atomic mass is 16.6. The first-order valence-corrected chi connectivity index (χ1v) is 10.3. The molecule has 0 aromatic heterocycles. The van der Waals surface area contributed by atoms with Crippen molar-refractivity contribution in [1.82, 2.24) is 0 Å². The van der Waals surface area contributed by atoms with Crippen molar-refractivity contribution < 1.29 is 28.7 Å². The molecule has 7 heteroatoms. The highest BCUT2D eigenvalue weighted by molar-refractivity contribution is 6.25. The maximum Gasteiger partial charge on any atom is 0.339 e. The third-order valence-corrected chi connectivity index (χ3v) is 5.28. The van der Waals surface area contributed by atoms with E-state index in [9.17, 15) is 19.2 Å². The van der Waals surface area contributed by atoms with Gasteiger partial charge in [0.15, 0.2) is 0 Å². The monoisotopic (exact) mass is 443 g/mol. The molecule has 1 saturated heterocycles. The van der Waals surface area contributed by atoms with Crippen molar-refractivity contribution in [3.05, 3.63) is 101 Å². The van der Waals surface area contributed by atoms with Gasteiger partial charge in [0.05, 0.1) is 16.8 Å². The normalized spacial score (nSPS) is 17.7. The number of aryl methyl sites for hydroxylation is 2. The van der Waals surface area contributed by atoms with Gasteiger partial charge in [-0.05, 0) is 49.7 Å². The van der Waals surface area contributed by atoms with E-state index in [4.69, 9.17) is 9.47 Å². The van der Waals surface area contributed by atoms with Crippen molar-refractivity contribution in [1.29, 1.82) is 0 Å². The van der Waals surface area contributed by atoms with E-state index in [2.05, 4.69) is 0 Å². The van der Waals surface area contributed by atoms with Crippen LogP contribution in [0, 0.1) is 13.8 Å². The predicted molar refractivity (Wildman–Crippen MR) is 120 cm³/mol. The number of hydrogen-bond acceptors (Lipinski definition) is 6. The van der Waals surface area contributed by atoms with Crippen molar-refractivity contribution in [2.75, 3.05) is 4.90 Å². The van der Waals surface area contributed by atoms with Crippen molar-refractivity contribution in [3.8, 4) is 0 Å². The molecule has 2 amide bonds. The zero-order valence-corrected chi connectivity index (χ0v) is 18.1. The van der Waals surface area contributed by atoms with Crippen LogP contribution in [0.25, 0.3) is 0 Å². The smallest absolute Gasteiger partial charge is 0.339 e. The average Bonchev–Trinajstić information content (AvgIpc) is 3.04. The lowest BCUT2D eigenvalue weighted by Gasteiger charge is -2.17. The Morgan fingerprint density at radius 1 is 0.697 bits per heavy atom. The molecular weight excluding hydrogens is 422 g/mol. The summed E-state index contributed by atoms with van der Waals surface area (Å²) in [6, 6.07) is 21.4. The van der Waals surface area contributed by atoms with Crippen LogP contribution in [0.2, 0.25) is 0 Å². The molecule has 1 aliphatic heterocycles. The molecule has 3 aromatic carbocycles. The maximum atomic E-state index is 13.3. The number of benzene rings is 3. The van der Waals surface area contributed by atoms with Crippen LogP contribution >= 0.6 is 0 Å². The molecule has 7 nitrogen and oxygen atoms in total. The van der Waals surface area contributed by atoms with Crippen LogP contribution in [-0.2, 0) is 19.1 Å². The van der Waals surface area contributed by atoms with Gasteiger partial charge < -0.3 is 9.47 Å². The molecule has 33 heavy (non-hydrogen) atoms. The Kier molecular flexibility index (Phi) is 6.04. The number of esters is 2. The zero-order valence-electron chi connectivity index (χ0n) is 18.1. The first kappa shape index (κ1) is 22.0. The Bertz CT molecular complexity index is 1150. The summed E-state index contributed by atoms with van der Waals surface area (Å²) < 4.78 is 10.8. The second kappa shape index (κ2) is 9.08. The summed E-state index contributed by atoms with van der Waals surface area (Å²) in [7, 11) is 0. The van der Waals surface area contributed by atoms with Gasteiger partial charge in [-0.2, -0.15) is 0 Å². The number of carbonyl (C=O) groups is 4. The van der Waals surface area contributed by atoms with Gasteiger partial charge in [-0.3, -0.25) is 9.59 Å². The fourth-order valence-electron chi connectivity index (χ4n) is 3.66. The first-order chi connectivity index (χ1) is 15.9. The van der Waals surface area contributed by atoms with Gasteiger partial charge in [-0.25, -0.2) is 14.5 Å². The van der Waals surface area contributed by atoms with E-state index >= 15 is 0 Å². The fourth-order valence-corrected chi connectivity index (χ4v) is 3.66. The predicted octanol–water partition coefficient (Wildman–Crippen LogP) is 3.63. The van der Waals surface area contributed by atoms with Gasteiger partial charge in [0, 0.05) is 0 Å². The average molecular weight is 443 g/mol. The van der Waals surface area contributed by atoms with Gasteiger partial charge in [0.25, 0.3) is 11.8 Å². The first-order valence-electron chi connectivity index (χ1n) is 10.3. The Labute approximate surface area is 190 Å². The van der Waals surface area contributed by atoms with E-state index in [0.717, 1.165) is 10.5 Å². The molecular formula is C26H21NO6. The fraction of sp³-hybridized carbons (Fsp3) is 0.154. The summed E-state index contributed by atoms with van der Waals surface area (Å²) in [5.74, 6) is -3.15. The number of anilines is 1. The van der Waals surface area contributed by atoms with Crippen molar-refractivity contribution in [2.24, 2.45) is 0 Å². The topological polar surface area (TPSA) is 90.0 Å². The van der Waals surface area contributed by atoms with Crippen LogP contribution in [0.5, 0.6) is 0 Å². The highest BCUT2D eigenvalue weighted by Gasteiger charge is 2.53. The summed E-state index contributed by atoms with van der Waals surface area (Å²) in [5.41, 5.74) is 2.38. The molecule has 3 aromatic rings. The van der Waals surface area contributed by atoms with Crippen LogP contribution in [0.3, 0.4) is 0 Å². The Morgan fingerprint density at radius 2 is 1.15 bits per heavy atom. The van der Waals surface area contributed by atoms with Gasteiger partial charge in [0.1, 0.15) is 0 Å². The third kappa shape index (κ3) is 4.39. The van der Waals surface area contributed by atoms with Gasteiger partial charge in [0.2, 0.25) is 12.2 Å². The molecule has 0 aliphatic carbocycles. The number of nitrogens with zero attached hydrogens (tertiary/aromatic N) is 1. The third-order valence-electron chi connectivity index (χ3n) is 5.28. The van der Waals surface area contributed by atoms with E-state index in [1.165, 1.54) is 24.3 Å². The lowest BCUT2D eigenvalue weighted by molar-refractivity contribution is -0.130. The number of rotatable bonds is 5. The minimum absolute atomic E-state index is 0.204. The summed E-state index contributed by atoms with van der Waals surface area (Å²) >= 11 is 0. The number of imide groups is 1. The molecule has 2 atom stereocenters. The number of amides is 2. The molecule has 0 radical (unpaired) electrons. The lowest BCUT2D eigenvalue weighted by Crippen LogP contribution is -2.37. The van der Waals surface area contributed by atoms with Crippen molar-refractivity contribution in [2.45, 2.75) is 26.1 Å². The van der Waals surface area contributed by atoms with Gasteiger partial charge in [-0.1, -0.05) is 54.1 Å². The van der Waals surface area contributed by atoms with Crippen LogP contribution in [0.1, 0.15) is 31.8 Å². The Hall–Kier alpha value is -4.26. The van der Waals surface area contributed by atoms with E-state index < -0.39 is 36.0 Å². The van der Waals surface area contributed by atoms with Crippen LogP contribution in [-0.4, -0.2) is 36.0 Å². The molecule has 166 valence electrons.